The molecule has 4 nitrogen and oxygen atoms in total. The molecule has 3 N–H and O–H groups in total. The summed E-state index contributed by atoms with van der Waals surface area (Å²) in [6.45, 7) is -0.000164. The van der Waals surface area contributed by atoms with Crippen LogP contribution in [-0.4, -0.2) is 16.1 Å². The van der Waals surface area contributed by atoms with Crippen molar-refractivity contribution < 1.29 is 15.0 Å². The summed E-state index contributed by atoms with van der Waals surface area (Å²) in [7, 11) is 0. The highest BCUT2D eigenvalue weighted by Gasteiger charge is 2.11. The lowest BCUT2D eigenvalue weighted by Gasteiger charge is -2.10. The molecule has 0 heterocycles. The van der Waals surface area contributed by atoms with Gasteiger partial charge in [-0.25, -0.2) is 0 Å². The zero-order valence-corrected chi connectivity index (χ0v) is 12.1. The standard InChI is InChI=1S/C16H16ClNO3/c17-14-4-1-11(2-5-14)8-18-16(21)15-6-3-12(9-19)7-13(15)10-20/h1-7,19-20H,8-10H2,(H,18,21). The average molecular weight is 306 g/mol. The van der Waals surface area contributed by atoms with Crippen molar-refractivity contribution >= 4 is 17.5 Å². The molecular formula is C16H16ClNO3. The van der Waals surface area contributed by atoms with Gasteiger partial charge in [0, 0.05) is 17.1 Å². The van der Waals surface area contributed by atoms with Crippen LogP contribution in [0, 0.1) is 0 Å². The number of carbonyl (C=O) groups excluding carboxylic acids is 1. The predicted molar refractivity (Wildman–Crippen MR) is 80.9 cm³/mol. The van der Waals surface area contributed by atoms with E-state index in [1.807, 2.05) is 12.1 Å². The minimum atomic E-state index is -0.265. The minimum Gasteiger partial charge on any atom is -0.392 e. The first kappa shape index (κ1) is 15.5. The summed E-state index contributed by atoms with van der Waals surface area (Å²) < 4.78 is 0. The van der Waals surface area contributed by atoms with Crippen molar-refractivity contribution in [1.29, 1.82) is 0 Å². The van der Waals surface area contributed by atoms with Gasteiger partial charge in [-0.15, -0.1) is 0 Å². The number of hydrogen-bond acceptors (Lipinski definition) is 3. The maximum Gasteiger partial charge on any atom is 0.251 e. The molecule has 0 aliphatic rings. The molecule has 0 saturated carbocycles. The fraction of sp³-hybridized carbons (Fsp3) is 0.188. The lowest BCUT2D eigenvalue weighted by molar-refractivity contribution is 0.0947. The summed E-state index contributed by atoms with van der Waals surface area (Å²) >= 11 is 5.80. The highest BCUT2D eigenvalue weighted by molar-refractivity contribution is 6.30. The van der Waals surface area contributed by atoms with Crippen molar-refractivity contribution in [3.8, 4) is 0 Å². The lowest BCUT2D eigenvalue weighted by atomic mass is 10.0. The number of amides is 1. The van der Waals surface area contributed by atoms with Crippen LogP contribution in [0.25, 0.3) is 0 Å². The first-order chi connectivity index (χ1) is 10.1. The Kier molecular flexibility index (Phi) is 5.33. The van der Waals surface area contributed by atoms with Gasteiger partial charge in [0.05, 0.1) is 13.2 Å². The zero-order chi connectivity index (χ0) is 15.2. The van der Waals surface area contributed by atoms with Crippen molar-refractivity contribution in [2.24, 2.45) is 0 Å². The molecule has 110 valence electrons. The number of aliphatic hydroxyl groups is 2. The van der Waals surface area contributed by atoms with E-state index in [1.165, 1.54) is 0 Å². The van der Waals surface area contributed by atoms with E-state index in [0.717, 1.165) is 5.56 Å². The van der Waals surface area contributed by atoms with Crippen LogP contribution in [0.1, 0.15) is 27.0 Å². The highest BCUT2D eigenvalue weighted by Crippen LogP contribution is 2.13. The summed E-state index contributed by atoms with van der Waals surface area (Å²) in [5.74, 6) is -0.265. The average Bonchev–Trinajstić information content (AvgIpc) is 2.53. The number of nitrogens with one attached hydrogen (secondary N) is 1. The van der Waals surface area contributed by atoms with E-state index in [1.54, 1.807) is 30.3 Å². The molecule has 0 saturated heterocycles. The molecule has 0 bridgehead atoms. The third-order valence-electron chi connectivity index (χ3n) is 3.13. The summed E-state index contributed by atoms with van der Waals surface area (Å²) in [6, 6.07) is 12.1. The van der Waals surface area contributed by atoms with E-state index >= 15 is 0 Å². The van der Waals surface area contributed by atoms with E-state index in [-0.39, 0.29) is 19.1 Å². The molecule has 2 aromatic carbocycles. The Morgan fingerprint density at radius 1 is 1.00 bits per heavy atom. The van der Waals surface area contributed by atoms with Crippen LogP contribution in [0.2, 0.25) is 5.02 Å². The van der Waals surface area contributed by atoms with Crippen LogP contribution in [0.3, 0.4) is 0 Å². The molecule has 0 aliphatic carbocycles. The van der Waals surface area contributed by atoms with Crippen molar-refractivity contribution in [1.82, 2.24) is 5.32 Å². The Morgan fingerprint density at radius 2 is 1.67 bits per heavy atom. The number of hydrogen-bond donors (Lipinski definition) is 3. The normalized spacial score (nSPS) is 10.4. The fourth-order valence-corrected chi connectivity index (χ4v) is 2.10. The van der Waals surface area contributed by atoms with E-state index in [9.17, 15) is 9.90 Å². The lowest BCUT2D eigenvalue weighted by Crippen LogP contribution is -2.24. The molecule has 0 atom stereocenters. The molecule has 2 aromatic rings. The summed E-state index contributed by atoms with van der Waals surface area (Å²) in [5, 5.41) is 21.8. The SMILES string of the molecule is O=C(NCc1ccc(Cl)cc1)c1ccc(CO)cc1CO. The third-order valence-corrected chi connectivity index (χ3v) is 3.39. The van der Waals surface area contributed by atoms with Crippen LogP contribution in [0.5, 0.6) is 0 Å². The first-order valence-electron chi connectivity index (χ1n) is 6.50. The molecule has 0 radical (unpaired) electrons. The highest BCUT2D eigenvalue weighted by atomic mass is 35.5. The number of carbonyl (C=O) groups is 1. The number of benzene rings is 2. The Morgan fingerprint density at radius 3 is 2.29 bits per heavy atom. The maximum atomic E-state index is 12.2. The molecule has 2 rings (SSSR count). The Balaban J connectivity index is 2.07. The molecule has 1 amide bonds. The maximum absolute atomic E-state index is 12.2. The van der Waals surface area contributed by atoms with Gasteiger partial charge in [-0.1, -0.05) is 35.9 Å². The van der Waals surface area contributed by atoms with Gasteiger partial charge in [-0.05, 0) is 34.9 Å². The summed E-state index contributed by atoms with van der Waals surface area (Å²) in [6.07, 6.45) is 0. The predicted octanol–water partition coefficient (Wildman–Crippen LogP) is 2.25. The molecule has 0 aromatic heterocycles. The molecule has 0 unspecified atom stereocenters. The van der Waals surface area contributed by atoms with Crippen molar-refractivity contribution in [3.63, 3.8) is 0 Å². The topological polar surface area (TPSA) is 69.6 Å². The second kappa shape index (κ2) is 7.22. The molecule has 5 heteroatoms. The van der Waals surface area contributed by atoms with E-state index in [0.29, 0.717) is 28.3 Å². The molecule has 0 fully saturated rings. The van der Waals surface area contributed by atoms with Crippen LogP contribution in [0.4, 0.5) is 0 Å². The van der Waals surface area contributed by atoms with Gasteiger partial charge in [0.15, 0.2) is 0 Å². The van der Waals surface area contributed by atoms with Gasteiger partial charge < -0.3 is 15.5 Å². The number of halogens is 1. The van der Waals surface area contributed by atoms with Crippen molar-refractivity contribution in [2.75, 3.05) is 0 Å². The van der Waals surface area contributed by atoms with Gasteiger partial charge in [-0.3, -0.25) is 4.79 Å². The quantitative estimate of drug-likeness (QED) is 0.793. The minimum absolute atomic E-state index is 0.125. The van der Waals surface area contributed by atoms with Crippen molar-refractivity contribution in [2.45, 2.75) is 19.8 Å². The Labute approximate surface area is 128 Å². The smallest absolute Gasteiger partial charge is 0.251 e. The van der Waals surface area contributed by atoms with Crippen LogP contribution >= 0.6 is 11.6 Å². The third kappa shape index (κ3) is 4.04. The largest absolute Gasteiger partial charge is 0.392 e. The van der Waals surface area contributed by atoms with Crippen LogP contribution < -0.4 is 5.32 Å². The van der Waals surface area contributed by atoms with Crippen molar-refractivity contribution in [3.05, 3.63) is 69.7 Å². The van der Waals surface area contributed by atoms with Gasteiger partial charge in [0.25, 0.3) is 5.91 Å². The van der Waals surface area contributed by atoms with Crippen LogP contribution in [0.15, 0.2) is 42.5 Å². The second-order valence-electron chi connectivity index (χ2n) is 4.62. The molecule has 21 heavy (non-hydrogen) atoms. The van der Waals surface area contributed by atoms with Gasteiger partial charge in [0.2, 0.25) is 0 Å². The summed E-state index contributed by atoms with van der Waals surface area (Å²) in [4.78, 5) is 12.2. The summed E-state index contributed by atoms with van der Waals surface area (Å²) in [5.41, 5.74) is 2.50. The van der Waals surface area contributed by atoms with Gasteiger partial charge >= 0.3 is 0 Å². The zero-order valence-electron chi connectivity index (χ0n) is 11.3. The van der Waals surface area contributed by atoms with Gasteiger partial charge in [0.1, 0.15) is 0 Å². The molecule has 0 spiro atoms. The van der Waals surface area contributed by atoms with Crippen LogP contribution in [-0.2, 0) is 19.8 Å². The molecular weight excluding hydrogens is 290 g/mol. The Hall–Kier alpha value is -1.88. The Bertz CT molecular complexity index is 626. The fourth-order valence-electron chi connectivity index (χ4n) is 1.98. The van der Waals surface area contributed by atoms with Gasteiger partial charge in [-0.2, -0.15) is 0 Å². The second-order valence-corrected chi connectivity index (χ2v) is 5.05. The molecule has 0 aliphatic heterocycles. The monoisotopic (exact) mass is 305 g/mol. The first-order valence-corrected chi connectivity index (χ1v) is 6.88. The van der Waals surface area contributed by atoms with E-state index < -0.39 is 0 Å². The van der Waals surface area contributed by atoms with E-state index in [2.05, 4.69) is 5.32 Å². The van der Waals surface area contributed by atoms with E-state index in [4.69, 9.17) is 16.7 Å². The number of rotatable bonds is 5. The number of aliphatic hydroxyl groups excluding tert-OH is 2.